The molecule has 14 N–H and O–H groups in total. The van der Waals surface area contributed by atoms with Gasteiger partial charge in [0.2, 0.25) is 41.4 Å². The highest BCUT2D eigenvalue weighted by molar-refractivity contribution is 7.98. The molecule has 22 heteroatoms. The van der Waals surface area contributed by atoms with Crippen LogP contribution in [0.1, 0.15) is 97.1 Å². The molecule has 0 aliphatic carbocycles. The molecule has 9 atom stereocenters. The van der Waals surface area contributed by atoms with Gasteiger partial charge >= 0.3 is 5.97 Å². The number of likely N-dealkylation sites (tertiary alicyclic amines) is 1. The molecule has 400 valence electrons. The zero-order valence-corrected chi connectivity index (χ0v) is 43.0. The summed E-state index contributed by atoms with van der Waals surface area (Å²) in [6.45, 7) is 9.10. The van der Waals surface area contributed by atoms with Crippen LogP contribution in [0.2, 0.25) is 0 Å². The topological polar surface area (TPSA) is 345 Å². The van der Waals surface area contributed by atoms with Crippen molar-refractivity contribution in [2.75, 3.05) is 25.1 Å². The minimum absolute atomic E-state index is 0.0257. The van der Waals surface area contributed by atoms with E-state index in [1.165, 1.54) is 60.0 Å². The number of aromatic hydroxyl groups is 2. The third-order valence-corrected chi connectivity index (χ3v) is 12.8. The molecule has 1 fully saturated rings. The van der Waals surface area contributed by atoms with E-state index in [1.807, 2.05) is 20.1 Å². The largest absolute Gasteiger partial charge is 0.508 e. The third-order valence-electron chi connectivity index (χ3n) is 12.1. The lowest BCUT2D eigenvalue weighted by Gasteiger charge is -2.31. The third kappa shape index (κ3) is 19.9. The zero-order chi connectivity index (χ0) is 53.7. The van der Waals surface area contributed by atoms with Crippen molar-refractivity contribution in [3.05, 3.63) is 59.7 Å². The van der Waals surface area contributed by atoms with E-state index in [9.17, 15) is 58.8 Å². The Bertz CT molecular complexity index is 2110. The molecule has 72 heavy (non-hydrogen) atoms. The minimum Gasteiger partial charge on any atom is -0.508 e. The summed E-state index contributed by atoms with van der Waals surface area (Å²) in [7, 11) is 0. The molecule has 1 aliphatic rings. The van der Waals surface area contributed by atoms with Crippen LogP contribution in [-0.2, 0) is 51.2 Å². The van der Waals surface area contributed by atoms with Crippen LogP contribution in [-0.4, -0.2) is 152 Å². The fraction of sp³-hybridized carbons (Fsp3) is 0.600. The van der Waals surface area contributed by atoms with Crippen molar-refractivity contribution in [3.63, 3.8) is 0 Å². The Kier molecular flexibility index (Phi) is 25.3. The highest BCUT2D eigenvalue weighted by Gasteiger charge is 2.41. The Morgan fingerprint density at radius 3 is 1.68 bits per heavy atom. The highest BCUT2D eigenvalue weighted by atomic mass is 32.2. The average Bonchev–Trinajstić information content (AvgIpc) is 3.82. The second-order valence-electron chi connectivity index (χ2n) is 19.2. The van der Waals surface area contributed by atoms with Gasteiger partial charge in [-0.3, -0.25) is 33.6 Å². The maximum Gasteiger partial charge on any atom is 0.326 e. The van der Waals surface area contributed by atoms with Gasteiger partial charge in [-0.1, -0.05) is 52.0 Å². The van der Waals surface area contributed by atoms with Gasteiger partial charge in [0.15, 0.2) is 0 Å². The van der Waals surface area contributed by atoms with Gasteiger partial charge in [0.1, 0.15) is 53.8 Å². The summed E-state index contributed by atoms with van der Waals surface area (Å²) >= 11 is 1.46. The summed E-state index contributed by atoms with van der Waals surface area (Å²) in [5, 5.41) is 56.5. The van der Waals surface area contributed by atoms with Crippen LogP contribution in [0.4, 0.5) is 0 Å². The number of amides is 7. The number of thioether (sulfide) groups is 1. The number of phenolic OH excluding ortho intramolecular Hbond substituents is 2. The van der Waals surface area contributed by atoms with Crippen molar-refractivity contribution in [2.24, 2.45) is 23.3 Å². The van der Waals surface area contributed by atoms with E-state index in [4.69, 9.17) is 11.5 Å². The van der Waals surface area contributed by atoms with E-state index >= 15 is 0 Å². The van der Waals surface area contributed by atoms with E-state index in [1.54, 1.807) is 26.0 Å². The Labute approximate surface area is 426 Å². The number of nitrogens with two attached hydrogens (primary N) is 2. The molecule has 0 saturated carbocycles. The van der Waals surface area contributed by atoms with Gasteiger partial charge in [-0.25, -0.2) is 4.79 Å². The molecule has 0 spiro atoms. The molecule has 0 aromatic heterocycles. The Balaban J connectivity index is 1.90. The van der Waals surface area contributed by atoms with Gasteiger partial charge < -0.3 is 68.7 Å². The molecule has 1 aliphatic heterocycles. The number of carbonyl (C=O) groups excluding carboxylic acids is 7. The molecule has 0 radical (unpaired) electrons. The number of aliphatic hydroxyl groups is 1. The zero-order valence-electron chi connectivity index (χ0n) is 42.2. The fourth-order valence-electron chi connectivity index (χ4n) is 8.23. The van der Waals surface area contributed by atoms with Gasteiger partial charge in [0, 0.05) is 19.4 Å². The monoisotopic (exact) mass is 1030 g/mol. The highest BCUT2D eigenvalue weighted by Crippen LogP contribution is 2.22. The summed E-state index contributed by atoms with van der Waals surface area (Å²) in [5.74, 6) is -6.13. The number of nitrogens with one attached hydrogen (secondary N) is 6. The van der Waals surface area contributed by atoms with Crippen LogP contribution < -0.4 is 43.4 Å². The van der Waals surface area contributed by atoms with E-state index in [0.29, 0.717) is 49.1 Å². The molecule has 0 bridgehead atoms. The first-order valence-electron chi connectivity index (χ1n) is 24.6. The number of benzene rings is 2. The van der Waals surface area contributed by atoms with Gasteiger partial charge in [-0.2, -0.15) is 11.8 Å². The molecular formula is C50H77N9O12S. The van der Waals surface area contributed by atoms with Gasteiger partial charge in [0.05, 0.1) is 12.1 Å². The lowest BCUT2D eigenvalue weighted by Crippen LogP contribution is -2.62. The summed E-state index contributed by atoms with van der Waals surface area (Å²) in [6, 6.07) is 1.79. The van der Waals surface area contributed by atoms with E-state index in [0.717, 1.165) is 0 Å². The van der Waals surface area contributed by atoms with Gasteiger partial charge in [-0.15, -0.1) is 0 Å². The fourth-order valence-corrected chi connectivity index (χ4v) is 8.70. The van der Waals surface area contributed by atoms with Gasteiger partial charge in [-0.05, 0) is 124 Å². The standard InChI is InChI=1S/C50H77N9O12S/c1-28(2)24-35(52)43(63)53-36(20-23-72-6)44(64)57-40(27-32-14-18-34(62)19-15-32)49(69)59-22-9-11-41(59)47(67)58-42(30(5)60)48(68)56-39(26-31-12-16-33(61)17-13-31)46(66)55-38(25-29(3)4)45(65)54-37(50(70)71)10-7-8-21-51/h12-19,28-30,35-42,60-62H,7-11,20-27,51-52H2,1-6H3,(H,53,63)(H,54,65)(H,55,66)(H,56,68)(H,57,64)(H,58,67)(H,70,71)/t30-,35-,36+,37+,38-,39+,40+,41+,42+/m1/s1. The second kappa shape index (κ2) is 30.2. The summed E-state index contributed by atoms with van der Waals surface area (Å²) in [5.41, 5.74) is 12.7. The molecule has 1 heterocycles. The van der Waals surface area contributed by atoms with Gasteiger partial charge in [0.25, 0.3) is 0 Å². The SMILES string of the molecule is CSCC[C@H](NC(=O)[C@H](N)CC(C)C)C(=O)N[C@@H](Cc1ccc(O)cc1)C(=O)N1CCC[C@H]1C(=O)N[C@H](C(=O)N[C@@H](Cc1ccc(O)cc1)C(=O)N[C@H](CC(C)C)C(=O)N[C@@H](CCCCN)C(=O)O)[C@@H](C)O. The number of carboxylic acid groups (broad SMARTS) is 1. The van der Waals surface area contributed by atoms with Crippen LogP contribution in [0.3, 0.4) is 0 Å². The van der Waals surface area contributed by atoms with E-state index in [-0.39, 0.29) is 68.4 Å². The number of carboxylic acids is 1. The van der Waals surface area contributed by atoms with E-state index in [2.05, 4.69) is 31.9 Å². The Morgan fingerprint density at radius 1 is 0.653 bits per heavy atom. The smallest absolute Gasteiger partial charge is 0.326 e. The predicted octanol–water partition coefficient (Wildman–Crippen LogP) is 0.550. The van der Waals surface area contributed by atoms with Crippen molar-refractivity contribution < 1.29 is 58.8 Å². The summed E-state index contributed by atoms with van der Waals surface area (Å²) in [4.78, 5) is 111. The van der Waals surface area contributed by atoms with E-state index < -0.39 is 102 Å². The van der Waals surface area contributed by atoms with Crippen LogP contribution in [0.15, 0.2) is 48.5 Å². The Hall–Kier alpha value is -5.97. The first kappa shape index (κ1) is 60.3. The lowest BCUT2D eigenvalue weighted by molar-refractivity contribution is -0.143. The van der Waals surface area contributed by atoms with Crippen molar-refractivity contribution in [1.82, 2.24) is 36.8 Å². The summed E-state index contributed by atoms with van der Waals surface area (Å²) < 4.78 is 0. The molecule has 3 rings (SSSR count). The van der Waals surface area contributed by atoms with Crippen LogP contribution in [0.25, 0.3) is 0 Å². The number of hydrogen-bond acceptors (Lipinski definition) is 14. The number of unbranched alkanes of at least 4 members (excludes halogenated alkanes) is 1. The van der Waals surface area contributed by atoms with Crippen LogP contribution >= 0.6 is 11.8 Å². The van der Waals surface area contributed by atoms with Crippen molar-refractivity contribution in [2.45, 2.75) is 153 Å². The number of hydrogen-bond donors (Lipinski definition) is 12. The average molecular weight is 1030 g/mol. The lowest BCUT2D eigenvalue weighted by atomic mass is 10.00. The number of aliphatic carboxylic acids is 1. The number of nitrogens with zero attached hydrogens (tertiary/aromatic N) is 1. The normalized spacial score (nSPS) is 16.8. The molecule has 2 aromatic rings. The van der Waals surface area contributed by atoms with Crippen molar-refractivity contribution in [3.8, 4) is 11.5 Å². The molecule has 21 nitrogen and oxygen atoms in total. The molecular weight excluding hydrogens is 951 g/mol. The number of phenols is 2. The van der Waals surface area contributed by atoms with Crippen LogP contribution in [0, 0.1) is 11.8 Å². The maximum absolute atomic E-state index is 14.6. The minimum atomic E-state index is -1.68. The first-order valence-corrected chi connectivity index (χ1v) is 26.0. The first-order chi connectivity index (χ1) is 34.0. The maximum atomic E-state index is 14.6. The van der Waals surface area contributed by atoms with Crippen molar-refractivity contribution in [1.29, 1.82) is 0 Å². The molecule has 7 amide bonds. The molecule has 1 saturated heterocycles. The van der Waals surface area contributed by atoms with Crippen LogP contribution in [0.5, 0.6) is 11.5 Å². The Morgan fingerprint density at radius 2 is 1.15 bits per heavy atom. The second-order valence-corrected chi connectivity index (χ2v) is 20.2. The number of aliphatic hydroxyl groups excluding tert-OH is 1. The molecule has 2 aromatic carbocycles. The van der Waals surface area contributed by atoms with Crippen molar-refractivity contribution >= 4 is 59.1 Å². The quantitative estimate of drug-likeness (QED) is 0.0476. The molecule has 0 unspecified atom stereocenters. The number of rotatable bonds is 30. The summed E-state index contributed by atoms with van der Waals surface area (Å²) in [6.07, 6.45) is 2.31. The number of carbonyl (C=O) groups is 8. The predicted molar refractivity (Wildman–Crippen MR) is 272 cm³/mol.